The Hall–Kier alpha value is -1.68. The molecule has 3 N–H and O–H groups in total. The minimum absolute atomic E-state index is 0.0190. The van der Waals surface area contributed by atoms with Gasteiger partial charge in [0.15, 0.2) is 0 Å². The van der Waals surface area contributed by atoms with Crippen LogP contribution in [0.25, 0.3) is 0 Å². The topological polar surface area (TPSA) is 111 Å². The molecule has 1 aliphatic heterocycles. The van der Waals surface area contributed by atoms with E-state index in [1.54, 1.807) is 13.0 Å². The van der Waals surface area contributed by atoms with E-state index in [4.69, 9.17) is 15.2 Å². The maximum absolute atomic E-state index is 12.8. The van der Waals surface area contributed by atoms with E-state index in [0.29, 0.717) is 18.9 Å². The van der Waals surface area contributed by atoms with Gasteiger partial charge in [-0.2, -0.15) is 4.31 Å². The summed E-state index contributed by atoms with van der Waals surface area (Å²) in [7, 11) is -2.33. The SMILES string of the molecule is COc1ccc(NC(=O)CC(C)N)cc1S(=O)(=O)N1CCOCC1. The van der Waals surface area contributed by atoms with Crippen molar-refractivity contribution in [3.63, 3.8) is 0 Å². The number of ether oxygens (including phenoxy) is 2. The lowest BCUT2D eigenvalue weighted by atomic mass is 10.2. The Morgan fingerprint density at radius 3 is 2.67 bits per heavy atom. The van der Waals surface area contributed by atoms with Crippen LogP contribution in [0.3, 0.4) is 0 Å². The van der Waals surface area contributed by atoms with Crippen molar-refractivity contribution in [3.05, 3.63) is 18.2 Å². The van der Waals surface area contributed by atoms with Crippen molar-refractivity contribution in [2.24, 2.45) is 5.73 Å². The zero-order valence-corrected chi connectivity index (χ0v) is 14.6. The monoisotopic (exact) mass is 357 g/mol. The molecule has 1 aliphatic rings. The van der Waals surface area contributed by atoms with Gasteiger partial charge in [0.2, 0.25) is 15.9 Å². The van der Waals surface area contributed by atoms with Gasteiger partial charge in [0, 0.05) is 31.2 Å². The number of hydrogen-bond acceptors (Lipinski definition) is 6. The second-order valence-electron chi connectivity index (χ2n) is 5.61. The van der Waals surface area contributed by atoms with Gasteiger partial charge >= 0.3 is 0 Å². The summed E-state index contributed by atoms with van der Waals surface area (Å²) in [5.74, 6) is -0.0448. The standard InChI is InChI=1S/C15H23N3O5S/c1-11(16)9-15(19)17-12-3-4-13(22-2)14(10-12)24(20,21)18-5-7-23-8-6-18/h3-4,10-11H,5-9,16H2,1-2H3,(H,17,19). The highest BCUT2D eigenvalue weighted by Crippen LogP contribution is 2.30. The van der Waals surface area contributed by atoms with Crippen LogP contribution >= 0.6 is 0 Å². The van der Waals surface area contributed by atoms with Crippen LogP contribution in [-0.4, -0.2) is 58.1 Å². The highest BCUT2D eigenvalue weighted by atomic mass is 32.2. The van der Waals surface area contributed by atoms with Crippen molar-refractivity contribution in [1.29, 1.82) is 0 Å². The Balaban J connectivity index is 2.30. The zero-order valence-electron chi connectivity index (χ0n) is 13.8. The molecule has 24 heavy (non-hydrogen) atoms. The molecule has 0 radical (unpaired) electrons. The van der Waals surface area contributed by atoms with E-state index in [1.165, 1.54) is 23.5 Å². The molecule has 134 valence electrons. The molecule has 8 nitrogen and oxygen atoms in total. The molecular weight excluding hydrogens is 334 g/mol. The second kappa shape index (κ2) is 7.93. The van der Waals surface area contributed by atoms with Crippen molar-refractivity contribution in [2.45, 2.75) is 24.3 Å². The summed E-state index contributed by atoms with van der Waals surface area (Å²) < 4.78 is 37.4. The molecule has 1 amide bonds. The number of morpholine rings is 1. The van der Waals surface area contributed by atoms with Crippen molar-refractivity contribution < 1.29 is 22.7 Å². The number of hydrogen-bond donors (Lipinski definition) is 2. The molecule has 0 spiro atoms. The minimum Gasteiger partial charge on any atom is -0.495 e. The molecule has 2 rings (SSSR count). The van der Waals surface area contributed by atoms with Gasteiger partial charge in [-0.25, -0.2) is 8.42 Å². The fourth-order valence-electron chi connectivity index (χ4n) is 2.39. The minimum atomic E-state index is -3.73. The molecule has 1 fully saturated rings. The maximum Gasteiger partial charge on any atom is 0.246 e. The number of methoxy groups -OCH3 is 1. The average molecular weight is 357 g/mol. The highest BCUT2D eigenvalue weighted by molar-refractivity contribution is 7.89. The van der Waals surface area contributed by atoms with Crippen molar-refractivity contribution in [1.82, 2.24) is 4.31 Å². The van der Waals surface area contributed by atoms with Crippen LogP contribution in [0.4, 0.5) is 5.69 Å². The van der Waals surface area contributed by atoms with Crippen LogP contribution in [0.5, 0.6) is 5.75 Å². The first-order valence-corrected chi connectivity index (χ1v) is 9.10. The Labute approximate surface area is 142 Å². The van der Waals surface area contributed by atoms with Crippen LogP contribution in [-0.2, 0) is 19.6 Å². The molecule has 0 bridgehead atoms. The van der Waals surface area contributed by atoms with Gasteiger partial charge < -0.3 is 20.5 Å². The van der Waals surface area contributed by atoms with E-state index in [9.17, 15) is 13.2 Å². The van der Waals surface area contributed by atoms with E-state index in [0.717, 1.165) is 0 Å². The van der Waals surface area contributed by atoms with Crippen LogP contribution in [0.15, 0.2) is 23.1 Å². The average Bonchev–Trinajstić information content (AvgIpc) is 2.54. The number of rotatable bonds is 6. The number of nitrogens with two attached hydrogens (primary N) is 1. The molecule has 1 atom stereocenters. The molecule has 1 unspecified atom stereocenters. The van der Waals surface area contributed by atoms with Crippen molar-refractivity contribution in [2.75, 3.05) is 38.7 Å². The van der Waals surface area contributed by atoms with Gasteiger partial charge in [0.05, 0.1) is 20.3 Å². The largest absolute Gasteiger partial charge is 0.495 e. The number of nitrogens with zero attached hydrogens (tertiary/aromatic N) is 1. The van der Waals surface area contributed by atoms with Crippen LogP contribution in [0.2, 0.25) is 0 Å². The lowest BCUT2D eigenvalue weighted by Gasteiger charge is -2.26. The van der Waals surface area contributed by atoms with Crippen molar-refractivity contribution >= 4 is 21.6 Å². The third kappa shape index (κ3) is 4.44. The molecule has 1 saturated heterocycles. The summed E-state index contributed by atoms with van der Waals surface area (Å²) in [4.78, 5) is 11.9. The van der Waals surface area contributed by atoms with Gasteiger partial charge in [-0.05, 0) is 25.1 Å². The predicted octanol–water partition coefficient (Wildman–Crippen LogP) is 0.392. The smallest absolute Gasteiger partial charge is 0.246 e. The van der Waals surface area contributed by atoms with Gasteiger partial charge in [-0.3, -0.25) is 4.79 Å². The zero-order chi connectivity index (χ0) is 17.7. The third-order valence-electron chi connectivity index (χ3n) is 3.54. The molecule has 1 heterocycles. The quantitative estimate of drug-likeness (QED) is 0.762. The van der Waals surface area contributed by atoms with Crippen LogP contribution in [0, 0.1) is 0 Å². The summed E-state index contributed by atoms with van der Waals surface area (Å²) >= 11 is 0. The lowest BCUT2D eigenvalue weighted by molar-refractivity contribution is -0.116. The summed E-state index contributed by atoms with van der Waals surface area (Å²) in [6, 6.07) is 4.24. The molecule has 0 aromatic heterocycles. The number of anilines is 1. The van der Waals surface area contributed by atoms with Gasteiger partial charge in [-0.1, -0.05) is 0 Å². The van der Waals surface area contributed by atoms with Crippen LogP contribution < -0.4 is 15.8 Å². The molecule has 0 aliphatic carbocycles. The number of amides is 1. The molecule has 0 saturated carbocycles. The number of carbonyl (C=O) groups is 1. The molecule has 1 aromatic carbocycles. The fraction of sp³-hybridized carbons (Fsp3) is 0.533. The lowest BCUT2D eigenvalue weighted by Crippen LogP contribution is -2.40. The number of carbonyl (C=O) groups excluding carboxylic acids is 1. The molecular formula is C15H23N3O5S. The highest BCUT2D eigenvalue weighted by Gasteiger charge is 2.29. The third-order valence-corrected chi connectivity index (χ3v) is 5.46. The first-order chi connectivity index (χ1) is 11.3. The first-order valence-electron chi connectivity index (χ1n) is 7.66. The van der Waals surface area contributed by atoms with E-state index >= 15 is 0 Å². The number of nitrogens with one attached hydrogen (secondary N) is 1. The second-order valence-corrected chi connectivity index (χ2v) is 7.52. The Morgan fingerprint density at radius 2 is 2.08 bits per heavy atom. The summed E-state index contributed by atoms with van der Waals surface area (Å²) in [5, 5.41) is 2.66. The van der Waals surface area contributed by atoms with E-state index < -0.39 is 10.0 Å². The van der Waals surface area contributed by atoms with Gasteiger partial charge in [0.1, 0.15) is 10.6 Å². The maximum atomic E-state index is 12.8. The Morgan fingerprint density at radius 1 is 1.42 bits per heavy atom. The Bertz CT molecular complexity index is 684. The van der Waals surface area contributed by atoms with Gasteiger partial charge in [-0.15, -0.1) is 0 Å². The van der Waals surface area contributed by atoms with Crippen molar-refractivity contribution in [3.8, 4) is 5.75 Å². The fourth-order valence-corrected chi connectivity index (χ4v) is 3.98. The molecule has 1 aromatic rings. The molecule has 9 heteroatoms. The first kappa shape index (κ1) is 18.7. The summed E-state index contributed by atoms with van der Waals surface area (Å²) in [5.41, 5.74) is 5.98. The van der Waals surface area contributed by atoms with Crippen LogP contribution in [0.1, 0.15) is 13.3 Å². The van der Waals surface area contributed by atoms with E-state index in [-0.39, 0.29) is 42.1 Å². The number of benzene rings is 1. The van der Waals surface area contributed by atoms with E-state index in [1.807, 2.05) is 0 Å². The van der Waals surface area contributed by atoms with E-state index in [2.05, 4.69) is 5.32 Å². The summed E-state index contributed by atoms with van der Waals surface area (Å²) in [6.07, 6.45) is 0.150. The predicted molar refractivity (Wildman–Crippen MR) is 89.5 cm³/mol. The van der Waals surface area contributed by atoms with Gasteiger partial charge in [0.25, 0.3) is 0 Å². The summed E-state index contributed by atoms with van der Waals surface area (Å²) in [6.45, 7) is 3.00. The number of sulfonamides is 1. The normalized spacial score (nSPS) is 17.3. The Kier molecular flexibility index (Phi) is 6.16.